The summed E-state index contributed by atoms with van der Waals surface area (Å²) < 4.78 is 6.52. The average molecular weight is 360 g/mol. The number of carbonyl (C=O) groups excluding carboxylic acids is 1. The van der Waals surface area contributed by atoms with E-state index >= 15 is 0 Å². The molecule has 2 aromatic carbocycles. The van der Waals surface area contributed by atoms with Crippen LogP contribution < -0.4 is 10.1 Å². The fraction of sp³-hybridized carbons (Fsp3) is 0.125. The summed E-state index contributed by atoms with van der Waals surface area (Å²) in [6.45, 7) is 0.803. The minimum atomic E-state index is -0.213. The number of carbonyl (C=O) groups is 1. The number of amides is 1. The summed E-state index contributed by atoms with van der Waals surface area (Å²) in [6, 6.07) is 15.1. The van der Waals surface area contributed by atoms with Crippen LogP contribution in [0.15, 0.2) is 53.0 Å². The highest BCUT2D eigenvalue weighted by Crippen LogP contribution is 2.17. The third kappa shape index (κ3) is 3.28. The molecule has 0 atom stereocenters. The number of nitrogens with one attached hydrogen (secondary N) is 2. The Morgan fingerprint density at radius 1 is 1.23 bits per heavy atom. The number of aromatic nitrogens is 2. The number of benzene rings is 2. The third-order valence-electron chi connectivity index (χ3n) is 3.14. The van der Waals surface area contributed by atoms with Gasteiger partial charge in [-0.3, -0.25) is 9.89 Å². The zero-order valence-corrected chi connectivity index (χ0v) is 13.3. The predicted molar refractivity (Wildman–Crippen MR) is 88.1 cm³/mol. The van der Waals surface area contributed by atoms with Crippen LogP contribution in [0.25, 0.3) is 10.9 Å². The topological polar surface area (TPSA) is 67.0 Å². The monoisotopic (exact) mass is 359 g/mol. The van der Waals surface area contributed by atoms with E-state index in [9.17, 15) is 4.79 Å². The first kappa shape index (κ1) is 14.6. The van der Waals surface area contributed by atoms with Crippen LogP contribution in [0.3, 0.4) is 0 Å². The lowest BCUT2D eigenvalue weighted by molar-refractivity contribution is 0.0943. The normalized spacial score (nSPS) is 10.6. The smallest absolute Gasteiger partial charge is 0.272 e. The second-order valence-corrected chi connectivity index (χ2v) is 5.60. The zero-order chi connectivity index (χ0) is 15.4. The van der Waals surface area contributed by atoms with Gasteiger partial charge in [-0.05, 0) is 24.3 Å². The molecule has 22 heavy (non-hydrogen) atoms. The number of nitrogens with zero attached hydrogens (tertiary/aromatic N) is 1. The van der Waals surface area contributed by atoms with Crippen LogP contribution >= 0.6 is 15.9 Å². The molecule has 0 aliphatic rings. The number of fused-ring (bicyclic) bond motifs is 1. The maximum Gasteiger partial charge on any atom is 0.272 e. The largest absolute Gasteiger partial charge is 0.492 e. The van der Waals surface area contributed by atoms with Crippen LogP contribution in [0.4, 0.5) is 0 Å². The number of aromatic amines is 1. The molecule has 0 aliphatic heterocycles. The van der Waals surface area contributed by atoms with Gasteiger partial charge in [0.15, 0.2) is 5.69 Å². The summed E-state index contributed by atoms with van der Waals surface area (Å²) >= 11 is 3.38. The molecule has 1 aromatic heterocycles. The molecule has 0 spiro atoms. The van der Waals surface area contributed by atoms with Gasteiger partial charge in [-0.15, -0.1) is 0 Å². The van der Waals surface area contributed by atoms with Crippen LogP contribution in [0, 0.1) is 0 Å². The van der Waals surface area contributed by atoms with Gasteiger partial charge < -0.3 is 10.1 Å². The van der Waals surface area contributed by atoms with E-state index in [4.69, 9.17) is 4.74 Å². The van der Waals surface area contributed by atoms with Gasteiger partial charge in [0.05, 0.1) is 12.1 Å². The lowest BCUT2D eigenvalue weighted by atomic mass is 10.2. The van der Waals surface area contributed by atoms with Crippen molar-refractivity contribution in [2.24, 2.45) is 0 Å². The maximum atomic E-state index is 12.1. The fourth-order valence-electron chi connectivity index (χ4n) is 2.11. The quantitative estimate of drug-likeness (QED) is 0.687. The Labute approximate surface area is 135 Å². The van der Waals surface area contributed by atoms with E-state index in [2.05, 4.69) is 31.4 Å². The van der Waals surface area contributed by atoms with E-state index in [-0.39, 0.29) is 5.91 Å². The van der Waals surface area contributed by atoms with E-state index in [1.54, 1.807) is 0 Å². The van der Waals surface area contributed by atoms with Gasteiger partial charge in [0, 0.05) is 9.86 Å². The highest BCUT2D eigenvalue weighted by Gasteiger charge is 2.12. The zero-order valence-electron chi connectivity index (χ0n) is 11.7. The van der Waals surface area contributed by atoms with Crippen LogP contribution in [-0.2, 0) is 0 Å². The van der Waals surface area contributed by atoms with Crippen LogP contribution in [0.2, 0.25) is 0 Å². The van der Waals surface area contributed by atoms with Gasteiger partial charge in [0.25, 0.3) is 5.91 Å². The number of hydrogen-bond acceptors (Lipinski definition) is 3. The van der Waals surface area contributed by atoms with Gasteiger partial charge in [-0.25, -0.2) is 0 Å². The second-order valence-electron chi connectivity index (χ2n) is 4.68. The Balaban J connectivity index is 1.54. The van der Waals surface area contributed by atoms with E-state index < -0.39 is 0 Å². The molecule has 3 rings (SSSR count). The number of rotatable bonds is 5. The predicted octanol–water partition coefficient (Wildman–Crippen LogP) is 3.13. The van der Waals surface area contributed by atoms with E-state index in [1.165, 1.54) is 0 Å². The Morgan fingerprint density at radius 3 is 2.95 bits per heavy atom. The molecular formula is C16H14BrN3O2. The first-order valence-electron chi connectivity index (χ1n) is 6.84. The van der Waals surface area contributed by atoms with Gasteiger partial charge >= 0.3 is 0 Å². The Morgan fingerprint density at radius 2 is 2.09 bits per heavy atom. The van der Waals surface area contributed by atoms with Crippen molar-refractivity contribution < 1.29 is 9.53 Å². The molecule has 5 nitrogen and oxygen atoms in total. The Hall–Kier alpha value is -2.34. The molecular weight excluding hydrogens is 346 g/mol. The summed E-state index contributed by atoms with van der Waals surface area (Å²) in [5.41, 5.74) is 1.25. The fourth-order valence-corrected chi connectivity index (χ4v) is 2.49. The number of para-hydroxylation sites is 1. The van der Waals surface area contributed by atoms with Crippen molar-refractivity contribution in [1.29, 1.82) is 0 Å². The Kier molecular flexibility index (Phi) is 4.39. The number of H-pyrrole nitrogens is 1. The van der Waals surface area contributed by atoms with Crippen LogP contribution in [0.1, 0.15) is 10.5 Å². The van der Waals surface area contributed by atoms with Crippen LogP contribution in [-0.4, -0.2) is 29.3 Å². The molecule has 0 unspecified atom stereocenters. The molecule has 0 radical (unpaired) electrons. The number of ether oxygens (including phenoxy) is 1. The molecule has 1 heterocycles. The maximum absolute atomic E-state index is 12.1. The number of hydrogen-bond donors (Lipinski definition) is 2. The van der Waals surface area contributed by atoms with Crippen molar-refractivity contribution in [2.75, 3.05) is 13.2 Å². The minimum Gasteiger partial charge on any atom is -0.492 e. The molecule has 6 heteroatoms. The van der Waals surface area contributed by atoms with Crippen molar-refractivity contribution in [3.8, 4) is 5.75 Å². The molecule has 0 aliphatic carbocycles. The van der Waals surface area contributed by atoms with Gasteiger partial charge in [0.2, 0.25) is 0 Å². The molecule has 1 amide bonds. The molecule has 0 fully saturated rings. The molecule has 112 valence electrons. The van der Waals surface area contributed by atoms with Crippen molar-refractivity contribution in [3.63, 3.8) is 0 Å². The summed E-state index contributed by atoms with van der Waals surface area (Å²) in [4.78, 5) is 12.1. The first-order valence-corrected chi connectivity index (χ1v) is 7.63. The Bertz CT molecular complexity index is 801. The third-order valence-corrected chi connectivity index (χ3v) is 3.63. The van der Waals surface area contributed by atoms with E-state index in [0.717, 1.165) is 21.1 Å². The SMILES string of the molecule is O=C(NCCOc1cccc(Br)c1)c1n[nH]c2ccccc12. The molecule has 3 aromatic rings. The molecule has 2 N–H and O–H groups in total. The summed E-state index contributed by atoms with van der Waals surface area (Å²) in [6.07, 6.45) is 0. The minimum absolute atomic E-state index is 0.213. The summed E-state index contributed by atoms with van der Waals surface area (Å²) in [7, 11) is 0. The lowest BCUT2D eigenvalue weighted by Crippen LogP contribution is -2.28. The average Bonchev–Trinajstić information content (AvgIpc) is 2.95. The summed E-state index contributed by atoms with van der Waals surface area (Å²) in [5, 5.41) is 10.5. The van der Waals surface area contributed by atoms with Crippen molar-refractivity contribution in [3.05, 3.63) is 58.7 Å². The van der Waals surface area contributed by atoms with Gasteiger partial charge in [-0.1, -0.05) is 40.2 Å². The van der Waals surface area contributed by atoms with Crippen LogP contribution in [0.5, 0.6) is 5.75 Å². The molecule has 0 saturated heterocycles. The first-order chi connectivity index (χ1) is 10.7. The van der Waals surface area contributed by atoms with Crippen molar-refractivity contribution in [1.82, 2.24) is 15.5 Å². The standard InChI is InChI=1S/C16H14BrN3O2/c17-11-4-3-5-12(10-11)22-9-8-18-16(21)15-13-6-1-2-7-14(13)19-20-15/h1-7,10H,8-9H2,(H,18,21)(H,19,20). The van der Waals surface area contributed by atoms with Crippen molar-refractivity contribution >= 4 is 32.7 Å². The highest BCUT2D eigenvalue weighted by molar-refractivity contribution is 9.10. The summed E-state index contributed by atoms with van der Waals surface area (Å²) in [5.74, 6) is 0.545. The van der Waals surface area contributed by atoms with E-state index in [0.29, 0.717) is 18.8 Å². The molecule has 0 bridgehead atoms. The lowest BCUT2D eigenvalue weighted by Gasteiger charge is -2.07. The second kappa shape index (κ2) is 6.62. The van der Waals surface area contributed by atoms with Crippen molar-refractivity contribution in [2.45, 2.75) is 0 Å². The number of halogens is 1. The molecule has 0 saturated carbocycles. The van der Waals surface area contributed by atoms with Gasteiger partial charge in [0.1, 0.15) is 12.4 Å². The van der Waals surface area contributed by atoms with E-state index in [1.807, 2.05) is 48.5 Å². The highest BCUT2D eigenvalue weighted by atomic mass is 79.9. The van der Waals surface area contributed by atoms with Gasteiger partial charge in [-0.2, -0.15) is 5.10 Å².